The van der Waals surface area contributed by atoms with Gasteiger partial charge in [-0.05, 0) is 31.6 Å². The Kier molecular flexibility index (Phi) is 5.98. The zero-order valence-electron chi connectivity index (χ0n) is 14.8. The first-order valence-corrected chi connectivity index (χ1v) is 9.35. The van der Waals surface area contributed by atoms with E-state index in [9.17, 15) is 18.0 Å². The van der Waals surface area contributed by atoms with Gasteiger partial charge in [0.1, 0.15) is 17.8 Å². The van der Waals surface area contributed by atoms with Gasteiger partial charge in [0.15, 0.2) is 0 Å². The molecule has 26 heavy (non-hydrogen) atoms. The van der Waals surface area contributed by atoms with E-state index in [0.29, 0.717) is 31.8 Å². The average Bonchev–Trinajstić information content (AvgIpc) is 2.66. The highest BCUT2D eigenvalue weighted by Gasteiger charge is 2.34. The highest BCUT2D eigenvalue weighted by Crippen LogP contribution is 2.30. The number of amides is 1. The predicted molar refractivity (Wildman–Crippen MR) is 91.6 cm³/mol. The molecule has 1 N–H and O–H groups in total. The summed E-state index contributed by atoms with van der Waals surface area (Å²) in [6, 6.07) is 0.976. The minimum Gasteiger partial charge on any atom is -0.356 e. The number of carbonyl (C=O) groups excluding carboxylic acids is 1. The minimum absolute atomic E-state index is 0.0706. The Hall–Kier alpha value is -1.86. The number of hydrogen-bond acceptors (Lipinski definition) is 4. The van der Waals surface area contributed by atoms with Gasteiger partial charge in [-0.15, -0.1) is 0 Å². The van der Waals surface area contributed by atoms with Gasteiger partial charge in [-0.25, -0.2) is 9.97 Å². The second kappa shape index (κ2) is 8.22. The van der Waals surface area contributed by atoms with Gasteiger partial charge in [-0.3, -0.25) is 4.79 Å². The third-order valence-electron chi connectivity index (χ3n) is 5.42. The largest absolute Gasteiger partial charge is 0.433 e. The van der Waals surface area contributed by atoms with Crippen LogP contribution in [0, 0.1) is 11.8 Å². The normalized spacial score (nSPS) is 20.2. The lowest BCUT2D eigenvalue weighted by Gasteiger charge is -2.32. The van der Waals surface area contributed by atoms with Crippen LogP contribution in [0.4, 0.5) is 19.0 Å². The summed E-state index contributed by atoms with van der Waals surface area (Å²) in [5.41, 5.74) is -0.935. The monoisotopic (exact) mass is 370 g/mol. The standard InChI is InChI=1S/C18H25F3N4O/c19-18(20,21)15-10-16(24-12-23-15)25-8-6-14(7-9-25)17(26)22-11-13-4-2-1-3-5-13/h10,12-14H,1-9,11H2,(H,22,26). The summed E-state index contributed by atoms with van der Waals surface area (Å²) in [6.07, 6.45) is 3.89. The maximum atomic E-state index is 12.8. The first-order valence-electron chi connectivity index (χ1n) is 9.35. The van der Waals surface area contributed by atoms with Crippen molar-refractivity contribution in [2.75, 3.05) is 24.5 Å². The Morgan fingerprint density at radius 2 is 1.81 bits per heavy atom. The first kappa shape index (κ1) is 18.9. The maximum absolute atomic E-state index is 12.8. The van der Waals surface area contributed by atoms with Gasteiger partial charge in [0, 0.05) is 31.6 Å². The molecule has 1 saturated carbocycles. The molecule has 5 nitrogen and oxygen atoms in total. The molecule has 0 spiro atoms. The zero-order chi connectivity index (χ0) is 18.6. The number of alkyl halides is 3. The molecule has 2 heterocycles. The number of rotatable bonds is 4. The van der Waals surface area contributed by atoms with Crippen LogP contribution in [0.25, 0.3) is 0 Å². The van der Waals surface area contributed by atoms with Crippen molar-refractivity contribution in [3.8, 4) is 0 Å². The van der Waals surface area contributed by atoms with E-state index >= 15 is 0 Å². The molecule has 8 heteroatoms. The Bertz CT molecular complexity index is 609. The molecular formula is C18H25F3N4O. The SMILES string of the molecule is O=C(NCC1CCCCC1)C1CCN(c2cc(C(F)(F)F)ncn2)CC1. The minimum atomic E-state index is -4.48. The van der Waals surface area contributed by atoms with Crippen LogP contribution in [0.1, 0.15) is 50.6 Å². The fraction of sp³-hybridized carbons (Fsp3) is 0.722. The van der Waals surface area contributed by atoms with E-state index in [2.05, 4.69) is 15.3 Å². The maximum Gasteiger partial charge on any atom is 0.433 e. The molecule has 1 amide bonds. The number of carbonyl (C=O) groups is 1. The molecule has 1 saturated heterocycles. The van der Waals surface area contributed by atoms with Crippen molar-refractivity contribution in [3.63, 3.8) is 0 Å². The van der Waals surface area contributed by atoms with E-state index in [1.807, 2.05) is 0 Å². The van der Waals surface area contributed by atoms with Crippen LogP contribution in [-0.2, 0) is 11.0 Å². The van der Waals surface area contributed by atoms with Gasteiger partial charge in [0.2, 0.25) is 5.91 Å². The van der Waals surface area contributed by atoms with Crippen molar-refractivity contribution in [3.05, 3.63) is 18.1 Å². The molecule has 0 unspecified atom stereocenters. The molecule has 0 atom stereocenters. The summed E-state index contributed by atoms with van der Waals surface area (Å²) in [7, 11) is 0. The van der Waals surface area contributed by atoms with Crippen LogP contribution < -0.4 is 10.2 Å². The van der Waals surface area contributed by atoms with Crippen LogP contribution in [0.5, 0.6) is 0 Å². The Morgan fingerprint density at radius 3 is 2.46 bits per heavy atom. The number of aromatic nitrogens is 2. The number of nitrogens with one attached hydrogen (secondary N) is 1. The van der Waals surface area contributed by atoms with E-state index in [1.165, 1.54) is 32.1 Å². The molecule has 1 aromatic rings. The molecule has 0 bridgehead atoms. The summed E-state index contributed by atoms with van der Waals surface area (Å²) < 4.78 is 38.3. The number of piperidine rings is 1. The van der Waals surface area contributed by atoms with Crippen molar-refractivity contribution < 1.29 is 18.0 Å². The third kappa shape index (κ3) is 4.86. The number of nitrogens with zero attached hydrogens (tertiary/aromatic N) is 3. The van der Waals surface area contributed by atoms with Crippen molar-refractivity contribution in [2.24, 2.45) is 11.8 Å². The summed E-state index contributed by atoms with van der Waals surface area (Å²) >= 11 is 0. The van der Waals surface area contributed by atoms with Crippen LogP contribution in [0.15, 0.2) is 12.4 Å². The molecule has 2 fully saturated rings. The quantitative estimate of drug-likeness (QED) is 0.882. The number of halogens is 3. The van der Waals surface area contributed by atoms with Gasteiger partial charge < -0.3 is 10.2 Å². The first-order chi connectivity index (χ1) is 12.4. The zero-order valence-corrected chi connectivity index (χ0v) is 14.8. The third-order valence-corrected chi connectivity index (χ3v) is 5.42. The van der Waals surface area contributed by atoms with Crippen molar-refractivity contribution in [1.82, 2.24) is 15.3 Å². The summed E-state index contributed by atoms with van der Waals surface area (Å²) in [5.74, 6) is 0.871. The Morgan fingerprint density at radius 1 is 1.12 bits per heavy atom. The van der Waals surface area contributed by atoms with E-state index in [1.54, 1.807) is 4.90 Å². The highest BCUT2D eigenvalue weighted by atomic mass is 19.4. The van der Waals surface area contributed by atoms with Crippen LogP contribution in [-0.4, -0.2) is 35.5 Å². The van der Waals surface area contributed by atoms with Crippen molar-refractivity contribution in [1.29, 1.82) is 0 Å². The number of hydrogen-bond donors (Lipinski definition) is 1. The molecule has 0 radical (unpaired) electrons. The summed E-state index contributed by atoms with van der Waals surface area (Å²) in [6.45, 7) is 1.80. The lowest BCUT2D eigenvalue weighted by molar-refractivity contribution is -0.141. The van der Waals surface area contributed by atoms with Gasteiger partial charge in [0.25, 0.3) is 0 Å². The summed E-state index contributed by atoms with van der Waals surface area (Å²) in [5, 5.41) is 3.07. The predicted octanol–water partition coefficient (Wildman–Crippen LogP) is 3.41. The Balaban J connectivity index is 1.48. The van der Waals surface area contributed by atoms with Gasteiger partial charge in [-0.1, -0.05) is 19.3 Å². The second-order valence-corrected chi connectivity index (χ2v) is 7.27. The molecule has 1 aliphatic carbocycles. The van der Waals surface area contributed by atoms with Crippen molar-refractivity contribution >= 4 is 11.7 Å². The molecule has 0 aromatic carbocycles. The number of anilines is 1. The van der Waals surface area contributed by atoms with E-state index < -0.39 is 11.9 Å². The molecule has 1 aromatic heterocycles. The molecule has 3 rings (SSSR count). The second-order valence-electron chi connectivity index (χ2n) is 7.27. The van der Waals surface area contributed by atoms with E-state index in [-0.39, 0.29) is 17.6 Å². The Labute approximate surface area is 151 Å². The lowest BCUT2D eigenvalue weighted by Crippen LogP contribution is -2.42. The fourth-order valence-corrected chi connectivity index (χ4v) is 3.83. The smallest absolute Gasteiger partial charge is 0.356 e. The molecular weight excluding hydrogens is 345 g/mol. The molecule has 1 aliphatic heterocycles. The summed E-state index contributed by atoms with van der Waals surface area (Å²) in [4.78, 5) is 21.4. The molecule has 2 aliphatic rings. The van der Waals surface area contributed by atoms with Gasteiger partial charge in [0.05, 0.1) is 0 Å². The van der Waals surface area contributed by atoms with Crippen LogP contribution in [0.3, 0.4) is 0 Å². The molecule has 144 valence electrons. The fourth-order valence-electron chi connectivity index (χ4n) is 3.83. The van der Waals surface area contributed by atoms with Crippen LogP contribution in [0.2, 0.25) is 0 Å². The lowest BCUT2D eigenvalue weighted by atomic mass is 9.89. The van der Waals surface area contributed by atoms with Crippen molar-refractivity contribution in [2.45, 2.75) is 51.1 Å². The topological polar surface area (TPSA) is 58.1 Å². The van der Waals surface area contributed by atoms with Crippen LogP contribution >= 0.6 is 0 Å². The highest BCUT2D eigenvalue weighted by molar-refractivity contribution is 5.79. The van der Waals surface area contributed by atoms with E-state index in [0.717, 1.165) is 18.9 Å². The average molecular weight is 370 g/mol. The van der Waals surface area contributed by atoms with Gasteiger partial charge in [-0.2, -0.15) is 13.2 Å². The van der Waals surface area contributed by atoms with E-state index in [4.69, 9.17) is 0 Å². The van der Waals surface area contributed by atoms with Gasteiger partial charge >= 0.3 is 6.18 Å².